The maximum Gasteiger partial charge on any atom is 0.227 e. The fourth-order valence-corrected chi connectivity index (χ4v) is 3.02. The highest BCUT2D eigenvalue weighted by atomic mass is 35.5. The summed E-state index contributed by atoms with van der Waals surface area (Å²) in [4.78, 5) is 15.6. The van der Waals surface area contributed by atoms with Crippen LogP contribution in [0, 0.1) is 0 Å². The quantitative estimate of drug-likeness (QED) is 0.758. The first-order valence-corrected chi connectivity index (χ1v) is 7.37. The number of rotatable bonds is 3. The van der Waals surface area contributed by atoms with Gasteiger partial charge in [-0.05, 0) is 31.0 Å². The molecule has 0 saturated heterocycles. The van der Waals surface area contributed by atoms with Crippen molar-refractivity contribution < 1.29 is 9.21 Å². The van der Waals surface area contributed by atoms with Gasteiger partial charge in [-0.2, -0.15) is 0 Å². The lowest BCUT2D eigenvalue weighted by atomic mass is 9.87. The van der Waals surface area contributed by atoms with Crippen LogP contribution in [-0.2, 0) is 0 Å². The largest absolute Gasteiger partial charge is 0.440 e. The fourth-order valence-electron chi connectivity index (χ4n) is 2.83. The molecule has 3 rings (SSSR count). The molecule has 0 amide bonds. The topological polar surface area (TPSA) is 43.1 Å². The van der Waals surface area contributed by atoms with Crippen molar-refractivity contribution in [3.63, 3.8) is 0 Å². The lowest BCUT2D eigenvalue weighted by Crippen LogP contribution is -2.05. The van der Waals surface area contributed by atoms with Gasteiger partial charge in [0.05, 0.1) is 0 Å². The highest BCUT2D eigenvalue weighted by Gasteiger charge is 2.24. The van der Waals surface area contributed by atoms with Gasteiger partial charge in [-0.1, -0.05) is 36.9 Å². The molecule has 0 bridgehead atoms. The van der Waals surface area contributed by atoms with Crippen LogP contribution >= 0.6 is 11.6 Å². The molecule has 1 aromatic heterocycles. The summed E-state index contributed by atoms with van der Waals surface area (Å²) in [6.45, 7) is 0. The highest BCUT2D eigenvalue weighted by Crippen LogP contribution is 2.36. The van der Waals surface area contributed by atoms with Crippen molar-refractivity contribution in [2.24, 2.45) is 0 Å². The molecule has 1 aliphatic carbocycles. The Morgan fingerprint density at radius 1 is 1.25 bits per heavy atom. The Bertz CT molecular complexity index is 615. The van der Waals surface area contributed by atoms with E-state index in [9.17, 15) is 4.79 Å². The zero-order chi connectivity index (χ0) is 13.9. The molecule has 0 atom stereocenters. The van der Waals surface area contributed by atoms with Gasteiger partial charge in [-0.25, -0.2) is 4.98 Å². The maximum atomic E-state index is 11.2. The van der Waals surface area contributed by atoms with Crippen LogP contribution in [0.2, 0.25) is 5.02 Å². The van der Waals surface area contributed by atoms with Crippen molar-refractivity contribution in [1.82, 2.24) is 4.98 Å². The first-order valence-electron chi connectivity index (χ1n) is 7.00. The number of carbonyl (C=O) groups is 1. The van der Waals surface area contributed by atoms with Crippen LogP contribution in [0.5, 0.6) is 0 Å². The molecule has 1 heterocycles. The van der Waals surface area contributed by atoms with E-state index in [4.69, 9.17) is 16.0 Å². The molecule has 0 spiro atoms. The van der Waals surface area contributed by atoms with Crippen LogP contribution < -0.4 is 0 Å². The fraction of sp³-hybridized carbons (Fsp3) is 0.375. The van der Waals surface area contributed by atoms with E-state index in [2.05, 4.69) is 4.98 Å². The predicted octanol–water partition coefficient (Wildman–Crippen LogP) is 4.86. The molecule has 1 aromatic carbocycles. The van der Waals surface area contributed by atoms with Gasteiger partial charge in [-0.15, -0.1) is 0 Å². The molecule has 0 aliphatic heterocycles. The van der Waals surface area contributed by atoms with Crippen LogP contribution in [0.1, 0.15) is 54.3 Å². The summed E-state index contributed by atoms with van der Waals surface area (Å²) >= 11 is 5.98. The Kier molecular flexibility index (Phi) is 3.88. The van der Waals surface area contributed by atoms with E-state index in [-0.39, 0.29) is 0 Å². The first-order chi connectivity index (χ1) is 9.78. The zero-order valence-electron chi connectivity index (χ0n) is 11.1. The maximum absolute atomic E-state index is 11.2. The molecule has 20 heavy (non-hydrogen) atoms. The van der Waals surface area contributed by atoms with Gasteiger partial charge in [0.2, 0.25) is 5.89 Å². The highest BCUT2D eigenvalue weighted by molar-refractivity contribution is 6.30. The molecule has 104 valence electrons. The number of halogens is 1. The SMILES string of the molecule is O=Cc1nc(-c2cccc(Cl)c2)oc1C1CCCCC1. The van der Waals surface area contributed by atoms with Crippen molar-refractivity contribution in [2.75, 3.05) is 0 Å². The van der Waals surface area contributed by atoms with E-state index in [1.165, 1.54) is 19.3 Å². The Balaban J connectivity index is 1.97. The van der Waals surface area contributed by atoms with E-state index in [1.54, 1.807) is 12.1 Å². The molecule has 4 heteroatoms. The van der Waals surface area contributed by atoms with Crippen LogP contribution in [0.3, 0.4) is 0 Å². The van der Waals surface area contributed by atoms with E-state index >= 15 is 0 Å². The summed E-state index contributed by atoms with van der Waals surface area (Å²) in [5, 5.41) is 0.632. The van der Waals surface area contributed by atoms with Gasteiger partial charge in [0, 0.05) is 16.5 Å². The second-order valence-corrected chi connectivity index (χ2v) is 5.67. The Morgan fingerprint density at radius 3 is 2.75 bits per heavy atom. The first kappa shape index (κ1) is 13.4. The van der Waals surface area contributed by atoms with Gasteiger partial charge in [0.1, 0.15) is 11.5 Å². The van der Waals surface area contributed by atoms with Crippen molar-refractivity contribution in [3.05, 3.63) is 40.7 Å². The predicted molar refractivity (Wildman–Crippen MR) is 78.2 cm³/mol. The van der Waals surface area contributed by atoms with E-state index in [0.717, 1.165) is 30.5 Å². The van der Waals surface area contributed by atoms with Gasteiger partial charge in [-0.3, -0.25) is 4.79 Å². The smallest absolute Gasteiger partial charge is 0.227 e. The second kappa shape index (κ2) is 5.80. The van der Waals surface area contributed by atoms with Crippen LogP contribution in [0.15, 0.2) is 28.7 Å². The molecule has 1 aliphatic rings. The number of carbonyl (C=O) groups excluding carboxylic acids is 1. The lowest BCUT2D eigenvalue weighted by molar-refractivity contribution is 0.111. The molecule has 3 nitrogen and oxygen atoms in total. The number of aldehydes is 1. The Hall–Kier alpha value is -1.61. The molecule has 1 fully saturated rings. The van der Waals surface area contributed by atoms with Gasteiger partial charge >= 0.3 is 0 Å². The monoisotopic (exact) mass is 289 g/mol. The average molecular weight is 290 g/mol. The van der Waals surface area contributed by atoms with Crippen LogP contribution in [0.25, 0.3) is 11.5 Å². The van der Waals surface area contributed by atoms with Crippen molar-refractivity contribution in [2.45, 2.75) is 38.0 Å². The summed E-state index contributed by atoms with van der Waals surface area (Å²) in [6, 6.07) is 7.34. The normalized spacial score (nSPS) is 16.2. The van der Waals surface area contributed by atoms with Crippen LogP contribution in [0.4, 0.5) is 0 Å². The summed E-state index contributed by atoms with van der Waals surface area (Å²) in [6.07, 6.45) is 6.59. The molecular weight excluding hydrogens is 274 g/mol. The molecule has 1 saturated carbocycles. The Labute approximate surface area is 123 Å². The van der Waals surface area contributed by atoms with Gasteiger partial charge in [0.25, 0.3) is 0 Å². The minimum absolute atomic E-state index is 0.324. The number of aromatic nitrogens is 1. The number of hydrogen-bond donors (Lipinski definition) is 0. The molecule has 2 aromatic rings. The minimum atomic E-state index is 0.324. The summed E-state index contributed by atoms with van der Waals surface area (Å²) in [5.74, 6) is 1.55. The third-order valence-electron chi connectivity index (χ3n) is 3.84. The van der Waals surface area contributed by atoms with Gasteiger partial charge in [0.15, 0.2) is 6.29 Å². The molecular formula is C16H16ClNO2. The molecule has 0 N–H and O–H groups in total. The van der Waals surface area contributed by atoms with E-state index in [1.807, 2.05) is 12.1 Å². The summed E-state index contributed by atoms with van der Waals surface area (Å²) < 4.78 is 5.89. The third-order valence-corrected chi connectivity index (χ3v) is 4.08. The standard InChI is InChI=1S/C16H16ClNO2/c17-13-8-4-7-12(9-13)16-18-14(10-19)15(20-16)11-5-2-1-3-6-11/h4,7-11H,1-3,5-6H2. The minimum Gasteiger partial charge on any atom is -0.440 e. The summed E-state index contributed by atoms with van der Waals surface area (Å²) in [5.41, 5.74) is 1.24. The zero-order valence-corrected chi connectivity index (χ0v) is 11.9. The molecule has 0 unspecified atom stereocenters. The van der Waals surface area contributed by atoms with E-state index in [0.29, 0.717) is 22.5 Å². The number of oxazole rings is 1. The van der Waals surface area contributed by atoms with Crippen molar-refractivity contribution in [3.8, 4) is 11.5 Å². The number of hydrogen-bond acceptors (Lipinski definition) is 3. The van der Waals surface area contributed by atoms with Crippen molar-refractivity contribution in [1.29, 1.82) is 0 Å². The summed E-state index contributed by atoms with van der Waals surface area (Å²) in [7, 11) is 0. The lowest BCUT2D eigenvalue weighted by Gasteiger charge is -2.19. The Morgan fingerprint density at radius 2 is 2.05 bits per heavy atom. The molecule has 0 radical (unpaired) electrons. The number of benzene rings is 1. The average Bonchev–Trinajstić information content (AvgIpc) is 2.92. The van der Waals surface area contributed by atoms with Gasteiger partial charge < -0.3 is 4.42 Å². The third kappa shape index (κ3) is 2.63. The van der Waals surface area contributed by atoms with Crippen molar-refractivity contribution >= 4 is 17.9 Å². The second-order valence-electron chi connectivity index (χ2n) is 5.23. The van der Waals surface area contributed by atoms with Crippen LogP contribution in [-0.4, -0.2) is 11.3 Å². The van der Waals surface area contributed by atoms with E-state index < -0.39 is 0 Å². The number of nitrogens with zero attached hydrogens (tertiary/aromatic N) is 1.